The van der Waals surface area contributed by atoms with E-state index in [1.807, 2.05) is 6.07 Å². The molecule has 4 aromatic rings. The summed E-state index contributed by atoms with van der Waals surface area (Å²) in [5.41, 5.74) is 3.38. The molecule has 0 bridgehead atoms. The Kier molecular flexibility index (Phi) is 7.45. The molecule has 3 aromatic carbocycles. The molecular weight excluding hydrogens is 537 g/mol. The summed E-state index contributed by atoms with van der Waals surface area (Å²) in [6, 6.07) is 17.1. The van der Waals surface area contributed by atoms with Crippen molar-refractivity contribution in [1.82, 2.24) is 5.16 Å². The molecule has 6 nitrogen and oxygen atoms in total. The quantitative estimate of drug-likeness (QED) is 0.204. The molecule has 9 heteroatoms. The van der Waals surface area contributed by atoms with Gasteiger partial charge in [0.2, 0.25) is 6.29 Å². The number of benzene rings is 3. The van der Waals surface area contributed by atoms with Crippen molar-refractivity contribution < 1.29 is 24.3 Å². The third kappa shape index (κ3) is 5.63. The molecule has 0 aliphatic heterocycles. The van der Waals surface area contributed by atoms with Crippen molar-refractivity contribution in [2.75, 3.05) is 0 Å². The highest BCUT2D eigenvalue weighted by Crippen LogP contribution is 2.48. The summed E-state index contributed by atoms with van der Waals surface area (Å²) in [7, 11) is 0. The summed E-state index contributed by atoms with van der Waals surface area (Å²) in [6.07, 6.45) is 1.84. The lowest BCUT2D eigenvalue weighted by molar-refractivity contribution is -0.0203. The molecule has 0 radical (unpaired) electrons. The van der Waals surface area contributed by atoms with Crippen LogP contribution in [0.4, 0.5) is 0 Å². The summed E-state index contributed by atoms with van der Waals surface area (Å²) >= 11 is 19.3. The van der Waals surface area contributed by atoms with Gasteiger partial charge in [-0.05, 0) is 73.2 Å². The molecule has 0 saturated heterocycles. The van der Waals surface area contributed by atoms with Crippen LogP contribution in [0, 0.1) is 0 Å². The molecule has 1 saturated carbocycles. The highest BCUT2D eigenvalue weighted by Gasteiger charge is 2.37. The zero-order chi connectivity index (χ0) is 26.1. The number of carbonyl (C=O) groups is 1. The maximum atomic E-state index is 11.1. The Balaban J connectivity index is 1.34. The van der Waals surface area contributed by atoms with Crippen LogP contribution in [0.3, 0.4) is 0 Å². The molecule has 2 N–H and O–H groups in total. The minimum atomic E-state index is -1.38. The first-order chi connectivity index (χ1) is 17.8. The third-order valence-corrected chi connectivity index (χ3v) is 7.29. The van der Waals surface area contributed by atoms with E-state index in [2.05, 4.69) is 5.16 Å². The van der Waals surface area contributed by atoms with E-state index in [1.165, 1.54) is 0 Å². The van der Waals surface area contributed by atoms with Gasteiger partial charge in [0.25, 0.3) is 0 Å². The zero-order valence-corrected chi connectivity index (χ0v) is 21.7. The van der Waals surface area contributed by atoms with Crippen molar-refractivity contribution in [3.63, 3.8) is 0 Å². The Hall–Kier alpha value is -3.03. The first-order valence-corrected chi connectivity index (χ1v) is 12.8. The van der Waals surface area contributed by atoms with E-state index < -0.39 is 12.3 Å². The molecule has 1 unspecified atom stereocenters. The molecule has 1 heterocycles. The van der Waals surface area contributed by atoms with Crippen LogP contribution < -0.4 is 4.74 Å². The fourth-order valence-corrected chi connectivity index (χ4v) is 5.02. The summed E-state index contributed by atoms with van der Waals surface area (Å²) in [4.78, 5) is 11.0. The Morgan fingerprint density at radius 2 is 1.70 bits per heavy atom. The maximum absolute atomic E-state index is 11.1. The minimum absolute atomic E-state index is 0.159. The van der Waals surface area contributed by atoms with Gasteiger partial charge in [-0.15, -0.1) is 0 Å². The van der Waals surface area contributed by atoms with Gasteiger partial charge in [0, 0.05) is 16.5 Å². The van der Waals surface area contributed by atoms with Gasteiger partial charge in [0.1, 0.15) is 17.2 Å². The van der Waals surface area contributed by atoms with E-state index in [0.717, 1.165) is 24.0 Å². The SMILES string of the molecule is O=C(O)c1ccc(CCc2ccc(OC(O)c3c(-c4c(Cl)cccc4Cl)noc3C3CC3)cc2Cl)cc1. The molecule has 190 valence electrons. The van der Waals surface area contributed by atoms with Crippen molar-refractivity contribution >= 4 is 40.8 Å². The van der Waals surface area contributed by atoms with Crippen molar-refractivity contribution in [3.05, 3.63) is 104 Å². The predicted molar refractivity (Wildman–Crippen MR) is 142 cm³/mol. The van der Waals surface area contributed by atoms with Gasteiger partial charge in [-0.2, -0.15) is 0 Å². The summed E-state index contributed by atoms with van der Waals surface area (Å²) in [6.45, 7) is 0. The van der Waals surface area contributed by atoms with E-state index in [-0.39, 0.29) is 11.5 Å². The number of rotatable bonds is 9. The smallest absolute Gasteiger partial charge is 0.335 e. The maximum Gasteiger partial charge on any atom is 0.335 e. The predicted octanol–water partition coefficient (Wildman–Crippen LogP) is 7.73. The molecule has 37 heavy (non-hydrogen) atoms. The van der Waals surface area contributed by atoms with Crippen LogP contribution in [-0.4, -0.2) is 21.3 Å². The van der Waals surface area contributed by atoms with E-state index in [1.54, 1.807) is 54.6 Å². The number of aromatic carboxylic acids is 1. The second-order valence-electron chi connectivity index (χ2n) is 8.91. The average Bonchev–Trinajstić information content (AvgIpc) is 3.62. The molecule has 1 fully saturated rings. The molecule has 0 amide bonds. The topological polar surface area (TPSA) is 92.8 Å². The molecule has 1 aliphatic rings. The molecule has 1 aliphatic carbocycles. The Bertz CT molecular complexity index is 1430. The fourth-order valence-electron chi connectivity index (χ4n) is 4.18. The van der Waals surface area contributed by atoms with Gasteiger partial charge in [-0.1, -0.05) is 64.2 Å². The van der Waals surface area contributed by atoms with Crippen LogP contribution in [-0.2, 0) is 12.8 Å². The summed E-state index contributed by atoms with van der Waals surface area (Å²) in [5, 5.41) is 25.6. The van der Waals surface area contributed by atoms with Crippen LogP contribution in [0.1, 0.15) is 57.9 Å². The monoisotopic (exact) mass is 557 g/mol. The van der Waals surface area contributed by atoms with Crippen LogP contribution in [0.5, 0.6) is 5.75 Å². The zero-order valence-electron chi connectivity index (χ0n) is 19.5. The Labute approximate surface area is 228 Å². The standard InChI is InChI=1S/C28H22Cl3NO5/c29-20-2-1-3-21(30)23(20)25-24(26(37-32-25)17-10-11-17)28(35)36-19-13-12-16(22(31)14-19)7-4-15-5-8-18(9-6-15)27(33)34/h1-3,5-6,8-9,12-14,17,28,35H,4,7,10-11H2,(H,33,34). The highest BCUT2D eigenvalue weighted by molar-refractivity contribution is 6.39. The van der Waals surface area contributed by atoms with Gasteiger partial charge < -0.3 is 19.5 Å². The number of halogens is 3. The number of aryl methyl sites for hydroxylation is 2. The van der Waals surface area contributed by atoms with Crippen LogP contribution in [0.15, 0.2) is 65.2 Å². The minimum Gasteiger partial charge on any atom is -0.478 e. The highest BCUT2D eigenvalue weighted by atomic mass is 35.5. The number of hydrogen-bond donors (Lipinski definition) is 2. The van der Waals surface area contributed by atoms with E-state index >= 15 is 0 Å². The summed E-state index contributed by atoms with van der Waals surface area (Å²) in [5.74, 6) is 0.150. The first-order valence-electron chi connectivity index (χ1n) is 11.7. The Morgan fingerprint density at radius 3 is 2.32 bits per heavy atom. The van der Waals surface area contributed by atoms with Crippen molar-refractivity contribution in [3.8, 4) is 17.0 Å². The van der Waals surface area contributed by atoms with Crippen LogP contribution in [0.2, 0.25) is 15.1 Å². The molecule has 5 rings (SSSR count). The van der Waals surface area contributed by atoms with Crippen molar-refractivity contribution in [2.45, 2.75) is 37.9 Å². The van der Waals surface area contributed by atoms with Gasteiger partial charge in [-0.3, -0.25) is 0 Å². The van der Waals surface area contributed by atoms with Gasteiger partial charge in [0.15, 0.2) is 0 Å². The number of aromatic nitrogens is 1. The number of aliphatic hydroxyl groups excluding tert-OH is 1. The second kappa shape index (κ2) is 10.8. The second-order valence-corrected chi connectivity index (χ2v) is 10.1. The fraction of sp³-hybridized carbons (Fsp3) is 0.214. The molecule has 0 spiro atoms. The number of hydrogen-bond acceptors (Lipinski definition) is 5. The van der Waals surface area contributed by atoms with Crippen LogP contribution >= 0.6 is 34.8 Å². The molecule has 1 aromatic heterocycles. The largest absolute Gasteiger partial charge is 0.478 e. The van der Waals surface area contributed by atoms with Crippen LogP contribution in [0.25, 0.3) is 11.3 Å². The van der Waals surface area contributed by atoms with Gasteiger partial charge in [0.05, 0.1) is 21.2 Å². The van der Waals surface area contributed by atoms with E-state index in [9.17, 15) is 9.90 Å². The Morgan fingerprint density at radius 1 is 1.00 bits per heavy atom. The number of carboxylic acids is 1. The summed E-state index contributed by atoms with van der Waals surface area (Å²) < 4.78 is 11.5. The lowest BCUT2D eigenvalue weighted by Crippen LogP contribution is -2.09. The lowest BCUT2D eigenvalue weighted by atomic mass is 10.0. The van der Waals surface area contributed by atoms with E-state index in [0.29, 0.717) is 56.2 Å². The third-order valence-electron chi connectivity index (χ3n) is 6.31. The molecule has 1 atom stereocenters. The van der Waals surface area contributed by atoms with Gasteiger partial charge in [-0.25, -0.2) is 4.79 Å². The average molecular weight is 559 g/mol. The lowest BCUT2D eigenvalue weighted by Gasteiger charge is -2.16. The first kappa shape index (κ1) is 25.6. The van der Waals surface area contributed by atoms with Crippen molar-refractivity contribution in [1.29, 1.82) is 0 Å². The molecular formula is C28H22Cl3NO5. The van der Waals surface area contributed by atoms with Crippen molar-refractivity contribution in [2.24, 2.45) is 0 Å². The number of ether oxygens (including phenoxy) is 1. The number of carboxylic acid groups (broad SMARTS) is 1. The van der Waals surface area contributed by atoms with Gasteiger partial charge >= 0.3 is 5.97 Å². The van der Waals surface area contributed by atoms with E-state index in [4.69, 9.17) is 49.2 Å². The normalized spacial score (nSPS) is 13.9. The number of aliphatic hydroxyl groups is 1. The number of nitrogens with zero attached hydrogens (tertiary/aromatic N) is 1.